The first-order chi connectivity index (χ1) is 12.0. The molecule has 6 nitrogen and oxygen atoms in total. The molecule has 3 rings (SSSR count). The molecule has 0 saturated carbocycles. The number of pyridine rings is 1. The van der Waals surface area contributed by atoms with Crippen LogP contribution in [0, 0.1) is 12.7 Å². The van der Waals surface area contributed by atoms with E-state index in [9.17, 15) is 9.18 Å². The lowest BCUT2D eigenvalue weighted by atomic mass is 10.1. The van der Waals surface area contributed by atoms with Crippen LogP contribution in [-0.4, -0.2) is 29.5 Å². The van der Waals surface area contributed by atoms with Crippen LogP contribution in [0.4, 0.5) is 4.39 Å². The highest BCUT2D eigenvalue weighted by Crippen LogP contribution is 2.29. The zero-order chi connectivity index (χ0) is 18.0. The molecule has 0 bridgehead atoms. The maximum atomic E-state index is 14.1. The van der Waals surface area contributed by atoms with E-state index in [4.69, 9.17) is 9.47 Å². The topological polar surface area (TPSA) is 64.9 Å². The van der Waals surface area contributed by atoms with E-state index in [-0.39, 0.29) is 23.6 Å². The molecule has 0 aliphatic rings. The number of aryl methyl sites for hydroxylation is 1. The van der Waals surface area contributed by atoms with Crippen molar-refractivity contribution in [3.63, 3.8) is 0 Å². The van der Waals surface area contributed by atoms with Crippen molar-refractivity contribution >= 4 is 11.6 Å². The number of nitrogens with one attached hydrogen (secondary N) is 1. The normalized spacial score (nSPS) is 10.7. The van der Waals surface area contributed by atoms with Crippen molar-refractivity contribution in [1.82, 2.24) is 14.7 Å². The van der Waals surface area contributed by atoms with Crippen molar-refractivity contribution in [2.45, 2.75) is 13.5 Å². The third-order valence-corrected chi connectivity index (χ3v) is 3.89. The van der Waals surface area contributed by atoms with Gasteiger partial charge in [-0.25, -0.2) is 9.37 Å². The molecule has 7 heteroatoms. The molecule has 2 aromatic heterocycles. The SMILES string of the molecule is COc1cc(F)c(C(=O)NCc2cn3c(C)cccc3n2)cc1OC. The molecule has 0 saturated heterocycles. The Morgan fingerprint density at radius 3 is 2.64 bits per heavy atom. The van der Waals surface area contributed by atoms with Crippen molar-refractivity contribution in [3.05, 3.63) is 59.3 Å². The molecule has 0 atom stereocenters. The predicted octanol–water partition coefficient (Wildman–Crippen LogP) is 2.73. The van der Waals surface area contributed by atoms with E-state index in [1.165, 1.54) is 20.3 Å². The highest BCUT2D eigenvalue weighted by Gasteiger charge is 2.17. The number of carbonyl (C=O) groups excluding carboxylic acids is 1. The van der Waals surface area contributed by atoms with E-state index >= 15 is 0 Å². The summed E-state index contributed by atoms with van der Waals surface area (Å²) in [5, 5.41) is 2.67. The molecule has 3 aromatic rings. The van der Waals surface area contributed by atoms with Gasteiger partial charge in [-0.2, -0.15) is 0 Å². The third-order valence-electron chi connectivity index (χ3n) is 3.89. The highest BCUT2D eigenvalue weighted by molar-refractivity contribution is 5.95. The Balaban J connectivity index is 1.79. The molecule has 0 fully saturated rings. The minimum atomic E-state index is -0.680. The van der Waals surface area contributed by atoms with Gasteiger partial charge in [0.25, 0.3) is 5.91 Å². The van der Waals surface area contributed by atoms with Gasteiger partial charge in [-0.3, -0.25) is 4.79 Å². The van der Waals surface area contributed by atoms with Crippen molar-refractivity contribution in [1.29, 1.82) is 0 Å². The number of aromatic nitrogens is 2. The van der Waals surface area contributed by atoms with Gasteiger partial charge in [0.1, 0.15) is 11.5 Å². The average Bonchev–Trinajstić information content (AvgIpc) is 3.04. The van der Waals surface area contributed by atoms with Gasteiger partial charge in [0.05, 0.1) is 32.0 Å². The van der Waals surface area contributed by atoms with E-state index < -0.39 is 11.7 Å². The summed E-state index contributed by atoms with van der Waals surface area (Å²) in [6, 6.07) is 8.21. The minimum Gasteiger partial charge on any atom is -0.493 e. The van der Waals surface area contributed by atoms with E-state index in [0.717, 1.165) is 17.4 Å². The first-order valence-electron chi connectivity index (χ1n) is 7.66. The fraction of sp³-hybridized carbons (Fsp3) is 0.222. The number of imidazole rings is 1. The molecule has 1 aromatic carbocycles. The highest BCUT2D eigenvalue weighted by atomic mass is 19.1. The first kappa shape index (κ1) is 16.8. The fourth-order valence-electron chi connectivity index (χ4n) is 2.58. The Kier molecular flexibility index (Phi) is 4.56. The molecule has 1 amide bonds. The smallest absolute Gasteiger partial charge is 0.254 e. The van der Waals surface area contributed by atoms with Crippen molar-refractivity contribution < 1.29 is 18.7 Å². The van der Waals surface area contributed by atoms with Crippen molar-refractivity contribution in [3.8, 4) is 11.5 Å². The second-order valence-corrected chi connectivity index (χ2v) is 5.50. The lowest BCUT2D eigenvalue weighted by Gasteiger charge is -2.10. The molecular formula is C18H18FN3O3. The lowest BCUT2D eigenvalue weighted by Crippen LogP contribution is -2.24. The number of hydrogen-bond acceptors (Lipinski definition) is 4. The molecule has 0 aliphatic heterocycles. The van der Waals surface area contributed by atoms with Gasteiger partial charge >= 0.3 is 0 Å². The van der Waals surface area contributed by atoms with Crippen molar-refractivity contribution in [2.75, 3.05) is 14.2 Å². The van der Waals surface area contributed by atoms with Crippen LogP contribution in [0.15, 0.2) is 36.5 Å². The maximum absolute atomic E-state index is 14.1. The maximum Gasteiger partial charge on any atom is 0.254 e. The van der Waals surface area contributed by atoms with Crippen LogP contribution in [-0.2, 0) is 6.54 Å². The Hall–Kier alpha value is -3.09. The number of rotatable bonds is 5. The molecule has 0 unspecified atom stereocenters. The number of carbonyl (C=O) groups is 1. The summed E-state index contributed by atoms with van der Waals surface area (Å²) in [5.74, 6) is -0.710. The number of fused-ring (bicyclic) bond motifs is 1. The largest absolute Gasteiger partial charge is 0.493 e. The Labute approximate surface area is 144 Å². The minimum absolute atomic E-state index is 0.113. The second kappa shape index (κ2) is 6.80. The van der Waals surface area contributed by atoms with E-state index in [1.807, 2.05) is 35.7 Å². The number of nitrogens with zero attached hydrogens (tertiary/aromatic N) is 2. The molecule has 0 spiro atoms. The summed E-state index contributed by atoms with van der Waals surface area (Å²) in [6.45, 7) is 2.16. The van der Waals surface area contributed by atoms with Gasteiger partial charge in [0.15, 0.2) is 11.5 Å². The van der Waals surface area contributed by atoms with Crippen LogP contribution in [0.2, 0.25) is 0 Å². The quantitative estimate of drug-likeness (QED) is 0.774. The molecule has 1 N–H and O–H groups in total. The van der Waals surface area contributed by atoms with Crippen LogP contribution >= 0.6 is 0 Å². The monoisotopic (exact) mass is 343 g/mol. The average molecular weight is 343 g/mol. The molecule has 0 aliphatic carbocycles. The Bertz CT molecular complexity index is 937. The molecule has 0 radical (unpaired) electrons. The van der Waals surface area contributed by atoms with Crippen LogP contribution in [0.3, 0.4) is 0 Å². The molecule has 2 heterocycles. The van der Waals surface area contributed by atoms with Gasteiger partial charge < -0.3 is 19.2 Å². The van der Waals surface area contributed by atoms with Crippen molar-refractivity contribution in [2.24, 2.45) is 0 Å². The van der Waals surface area contributed by atoms with Crippen LogP contribution in [0.5, 0.6) is 11.5 Å². The lowest BCUT2D eigenvalue weighted by molar-refractivity contribution is 0.0946. The summed E-state index contributed by atoms with van der Waals surface area (Å²) in [5.41, 5.74) is 2.40. The van der Waals surface area contributed by atoms with Gasteiger partial charge in [-0.05, 0) is 25.1 Å². The number of methoxy groups -OCH3 is 2. The van der Waals surface area contributed by atoms with Gasteiger partial charge in [-0.15, -0.1) is 0 Å². The van der Waals surface area contributed by atoms with Crippen LogP contribution in [0.25, 0.3) is 5.65 Å². The molecule has 130 valence electrons. The standard InChI is InChI=1S/C18H18FN3O3/c1-11-5-4-6-17-21-12(10-22(11)17)9-20-18(23)13-7-15(24-2)16(25-3)8-14(13)19/h4-8,10H,9H2,1-3H3,(H,20,23). The van der Waals surface area contributed by atoms with E-state index in [2.05, 4.69) is 10.3 Å². The molecule has 25 heavy (non-hydrogen) atoms. The summed E-state index contributed by atoms with van der Waals surface area (Å²) in [6.07, 6.45) is 1.84. The van der Waals surface area contributed by atoms with Gasteiger partial charge in [0.2, 0.25) is 0 Å². The van der Waals surface area contributed by atoms with E-state index in [1.54, 1.807) is 0 Å². The summed E-state index contributed by atoms with van der Waals surface area (Å²) in [7, 11) is 2.83. The zero-order valence-electron chi connectivity index (χ0n) is 14.2. The van der Waals surface area contributed by atoms with Crippen LogP contribution in [0.1, 0.15) is 21.7 Å². The number of ether oxygens (including phenoxy) is 2. The van der Waals surface area contributed by atoms with Gasteiger partial charge in [0, 0.05) is 18.0 Å². The Morgan fingerprint density at radius 2 is 1.96 bits per heavy atom. The number of amides is 1. The fourth-order valence-corrected chi connectivity index (χ4v) is 2.58. The summed E-state index contributed by atoms with van der Waals surface area (Å²) in [4.78, 5) is 16.7. The number of halogens is 1. The van der Waals surface area contributed by atoms with Gasteiger partial charge in [-0.1, -0.05) is 6.07 Å². The number of benzene rings is 1. The third kappa shape index (κ3) is 3.26. The zero-order valence-corrected chi connectivity index (χ0v) is 14.2. The number of hydrogen-bond donors (Lipinski definition) is 1. The second-order valence-electron chi connectivity index (χ2n) is 5.50. The van der Waals surface area contributed by atoms with Crippen LogP contribution < -0.4 is 14.8 Å². The summed E-state index contributed by atoms with van der Waals surface area (Å²) >= 11 is 0. The first-order valence-corrected chi connectivity index (χ1v) is 7.66. The molecular weight excluding hydrogens is 325 g/mol. The Morgan fingerprint density at radius 1 is 1.24 bits per heavy atom. The predicted molar refractivity (Wildman–Crippen MR) is 90.6 cm³/mol. The van der Waals surface area contributed by atoms with E-state index in [0.29, 0.717) is 5.69 Å². The summed E-state index contributed by atoms with van der Waals surface area (Å²) < 4.78 is 26.2.